The Balaban J connectivity index is 1.54. The van der Waals surface area contributed by atoms with Gasteiger partial charge in [0.05, 0.1) is 0 Å². The molecule has 1 aliphatic heterocycles. The standard InChI is InChI=1S/C18H18N4O/c23-18(16-3-1-2-14-12-19-8-4-15(14)16)22-10-6-13(7-11-22)17-5-9-20-21-17/h1-5,8-9,12-13H,6-7,10-11H2,(H,20,21). The largest absolute Gasteiger partial charge is 0.339 e. The summed E-state index contributed by atoms with van der Waals surface area (Å²) in [5, 5.41) is 9.05. The molecule has 5 heteroatoms. The van der Waals surface area contributed by atoms with Crippen LogP contribution in [-0.4, -0.2) is 39.1 Å². The van der Waals surface area contributed by atoms with Crippen LogP contribution in [0.4, 0.5) is 0 Å². The molecular formula is C18H18N4O. The minimum Gasteiger partial charge on any atom is -0.339 e. The van der Waals surface area contributed by atoms with Gasteiger partial charge in [0.1, 0.15) is 0 Å². The van der Waals surface area contributed by atoms with Crippen molar-refractivity contribution < 1.29 is 4.79 Å². The molecule has 3 aromatic rings. The van der Waals surface area contributed by atoms with E-state index in [0.717, 1.165) is 42.3 Å². The molecule has 2 aromatic heterocycles. The van der Waals surface area contributed by atoms with Crippen LogP contribution in [0, 0.1) is 0 Å². The van der Waals surface area contributed by atoms with E-state index in [4.69, 9.17) is 0 Å². The monoisotopic (exact) mass is 306 g/mol. The minimum absolute atomic E-state index is 0.116. The Hall–Kier alpha value is -2.69. The zero-order chi connectivity index (χ0) is 15.6. The SMILES string of the molecule is O=C(c1cccc2cnccc12)N1CCC(c2ccn[nH]2)CC1. The van der Waals surface area contributed by atoms with E-state index >= 15 is 0 Å². The Morgan fingerprint density at radius 1 is 1.13 bits per heavy atom. The number of fused-ring (bicyclic) bond motifs is 1. The topological polar surface area (TPSA) is 61.9 Å². The van der Waals surface area contributed by atoms with Crippen molar-refractivity contribution in [1.82, 2.24) is 20.1 Å². The van der Waals surface area contributed by atoms with Crippen LogP contribution in [0.5, 0.6) is 0 Å². The summed E-state index contributed by atoms with van der Waals surface area (Å²) in [7, 11) is 0. The van der Waals surface area contributed by atoms with Crippen LogP contribution in [0.15, 0.2) is 48.9 Å². The van der Waals surface area contributed by atoms with Crippen LogP contribution in [0.1, 0.15) is 34.8 Å². The van der Waals surface area contributed by atoms with Gasteiger partial charge in [-0.3, -0.25) is 14.9 Å². The van der Waals surface area contributed by atoms with Crippen molar-refractivity contribution in [1.29, 1.82) is 0 Å². The van der Waals surface area contributed by atoms with Gasteiger partial charge >= 0.3 is 0 Å². The fraction of sp³-hybridized carbons (Fsp3) is 0.278. The summed E-state index contributed by atoms with van der Waals surface area (Å²) in [5.41, 5.74) is 1.94. The molecule has 0 spiro atoms. The van der Waals surface area contributed by atoms with E-state index in [1.807, 2.05) is 35.2 Å². The van der Waals surface area contributed by atoms with E-state index in [1.165, 1.54) is 5.69 Å². The first kappa shape index (κ1) is 13.9. The first-order valence-electron chi connectivity index (χ1n) is 7.94. The van der Waals surface area contributed by atoms with E-state index < -0.39 is 0 Å². The lowest BCUT2D eigenvalue weighted by atomic mass is 9.93. The number of rotatable bonds is 2. The highest BCUT2D eigenvalue weighted by atomic mass is 16.2. The van der Waals surface area contributed by atoms with Gasteiger partial charge in [0, 0.05) is 54.2 Å². The number of piperidine rings is 1. The Labute approximate surface area is 134 Å². The lowest BCUT2D eigenvalue weighted by Gasteiger charge is -2.31. The summed E-state index contributed by atoms with van der Waals surface area (Å²) in [4.78, 5) is 19.0. The molecule has 0 atom stereocenters. The maximum Gasteiger partial charge on any atom is 0.254 e. The third kappa shape index (κ3) is 2.59. The van der Waals surface area contributed by atoms with E-state index in [9.17, 15) is 4.79 Å². The Bertz CT molecular complexity index is 815. The number of amides is 1. The summed E-state index contributed by atoms with van der Waals surface area (Å²) in [6, 6.07) is 9.77. The van der Waals surface area contributed by atoms with Gasteiger partial charge < -0.3 is 4.90 Å². The highest BCUT2D eigenvalue weighted by molar-refractivity contribution is 6.06. The molecule has 1 N–H and O–H groups in total. The van der Waals surface area contributed by atoms with Crippen molar-refractivity contribution in [3.8, 4) is 0 Å². The fourth-order valence-electron chi connectivity index (χ4n) is 3.37. The van der Waals surface area contributed by atoms with E-state index in [-0.39, 0.29) is 5.91 Å². The van der Waals surface area contributed by atoms with Gasteiger partial charge in [0.25, 0.3) is 5.91 Å². The smallest absolute Gasteiger partial charge is 0.254 e. The normalized spacial score (nSPS) is 15.9. The molecule has 3 heterocycles. The maximum atomic E-state index is 12.9. The molecule has 0 bridgehead atoms. The molecule has 4 rings (SSSR count). The number of aromatic amines is 1. The predicted octanol–water partition coefficient (Wildman–Crippen LogP) is 2.98. The molecule has 0 radical (unpaired) electrons. The first-order chi connectivity index (χ1) is 11.3. The molecular weight excluding hydrogens is 288 g/mol. The summed E-state index contributed by atoms with van der Waals surface area (Å²) in [5.74, 6) is 0.586. The molecule has 5 nitrogen and oxygen atoms in total. The molecule has 1 fully saturated rings. The van der Waals surface area contributed by atoms with Gasteiger partial charge in [-0.25, -0.2) is 0 Å². The number of benzene rings is 1. The van der Waals surface area contributed by atoms with Crippen LogP contribution in [-0.2, 0) is 0 Å². The molecule has 116 valence electrons. The van der Waals surface area contributed by atoms with Gasteiger partial charge in [0.15, 0.2) is 0 Å². The lowest BCUT2D eigenvalue weighted by Crippen LogP contribution is -2.38. The van der Waals surface area contributed by atoms with Crippen LogP contribution >= 0.6 is 0 Å². The first-order valence-corrected chi connectivity index (χ1v) is 7.94. The molecule has 0 aliphatic carbocycles. The molecule has 1 aliphatic rings. The zero-order valence-corrected chi connectivity index (χ0v) is 12.8. The number of H-pyrrole nitrogens is 1. The highest BCUT2D eigenvalue weighted by Gasteiger charge is 2.25. The molecule has 23 heavy (non-hydrogen) atoms. The molecule has 1 saturated heterocycles. The highest BCUT2D eigenvalue weighted by Crippen LogP contribution is 2.28. The molecule has 1 amide bonds. The quantitative estimate of drug-likeness (QED) is 0.791. The summed E-state index contributed by atoms with van der Waals surface area (Å²) < 4.78 is 0. The van der Waals surface area contributed by atoms with E-state index in [2.05, 4.69) is 15.2 Å². The number of hydrogen-bond acceptors (Lipinski definition) is 3. The molecule has 0 saturated carbocycles. The fourth-order valence-corrected chi connectivity index (χ4v) is 3.37. The van der Waals surface area contributed by atoms with Crippen LogP contribution in [0.2, 0.25) is 0 Å². The lowest BCUT2D eigenvalue weighted by molar-refractivity contribution is 0.0714. The summed E-state index contributed by atoms with van der Waals surface area (Å²) >= 11 is 0. The van der Waals surface area contributed by atoms with Crippen molar-refractivity contribution in [3.05, 3.63) is 60.2 Å². The minimum atomic E-state index is 0.116. The van der Waals surface area contributed by atoms with E-state index in [1.54, 1.807) is 18.6 Å². The van der Waals surface area contributed by atoms with Crippen molar-refractivity contribution in [2.24, 2.45) is 0 Å². The third-order valence-electron chi connectivity index (χ3n) is 4.66. The summed E-state index contributed by atoms with van der Waals surface area (Å²) in [6.45, 7) is 1.56. The van der Waals surface area contributed by atoms with Crippen LogP contribution in [0.3, 0.4) is 0 Å². The van der Waals surface area contributed by atoms with Crippen LogP contribution < -0.4 is 0 Å². The number of nitrogens with one attached hydrogen (secondary N) is 1. The number of carbonyl (C=O) groups excluding carboxylic acids is 1. The average Bonchev–Trinajstić information content (AvgIpc) is 3.15. The number of pyridine rings is 1. The van der Waals surface area contributed by atoms with Crippen molar-refractivity contribution in [2.75, 3.05) is 13.1 Å². The van der Waals surface area contributed by atoms with Gasteiger partial charge in [-0.1, -0.05) is 12.1 Å². The van der Waals surface area contributed by atoms with E-state index in [0.29, 0.717) is 5.92 Å². The third-order valence-corrected chi connectivity index (χ3v) is 4.66. The number of aromatic nitrogens is 3. The predicted molar refractivity (Wildman–Crippen MR) is 88.2 cm³/mol. The summed E-state index contributed by atoms with van der Waals surface area (Å²) in [6.07, 6.45) is 7.28. The second kappa shape index (κ2) is 5.83. The number of hydrogen-bond donors (Lipinski definition) is 1. The Morgan fingerprint density at radius 3 is 2.78 bits per heavy atom. The number of nitrogens with zero attached hydrogens (tertiary/aromatic N) is 3. The second-order valence-electron chi connectivity index (χ2n) is 5.98. The molecule has 1 aromatic carbocycles. The number of carbonyl (C=O) groups is 1. The van der Waals surface area contributed by atoms with Crippen LogP contribution in [0.25, 0.3) is 10.8 Å². The van der Waals surface area contributed by atoms with Crippen molar-refractivity contribution >= 4 is 16.7 Å². The van der Waals surface area contributed by atoms with Gasteiger partial charge in [-0.2, -0.15) is 5.10 Å². The van der Waals surface area contributed by atoms with Gasteiger partial charge in [0.2, 0.25) is 0 Å². The molecule has 0 unspecified atom stereocenters. The van der Waals surface area contributed by atoms with Crippen molar-refractivity contribution in [2.45, 2.75) is 18.8 Å². The maximum absolute atomic E-state index is 12.9. The Kier molecular flexibility index (Phi) is 3.54. The Morgan fingerprint density at radius 2 is 2.00 bits per heavy atom. The van der Waals surface area contributed by atoms with Crippen molar-refractivity contribution in [3.63, 3.8) is 0 Å². The number of likely N-dealkylation sites (tertiary alicyclic amines) is 1. The second-order valence-corrected chi connectivity index (χ2v) is 5.98. The van der Waals surface area contributed by atoms with Gasteiger partial charge in [-0.15, -0.1) is 0 Å². The zero-order valence-electron chi connectivity index (χ0n) is 12.8. The average molecular weight is 306 g/mol. The van der Waals surface area contributed by atoms with Gasteiger partial charge in [-0.05, 0) is 36.4 Å².